The Labute approximate surface area is 166 Å². The number of fused-ring (bicyclic) bond motifs is 1. The zero-order valence-corrected chi connectivity index (χ0v) is 16.4. The number of ether oxygens (including phenoxy) is 2. The summed E-state index contributed by atoms with van der Waals surface area (Å²) in [5, 5.41) is 6.72. The molecule has 2 N–H and O–H groups in total. The molecule has 0 saturated heterocycles. The predicted molar refractivity (Wildman–Crippen MR) is 110 cm³/mol. The first kappa shape index (κ1) is 18.6. The number of rotatable bonds is 6. The minimum Gasteiger partial charge on any atom is -0.488 e. The third-order valence-electron chi connectivity index (χ3n) is 5.31. The molecule has 0 amide bonds. The van der Waals surface area contributed by atoms with Crippen LogP contribution in [0.25, 0.3) is 0 Å². The molecule has 1 unspecified atom stereocenters. The summed E-state index contributed by atoms with van der Waals surface area (Å²) in [5.41, 5.74) is 2.31. The highest BCUT2D eigenvalue weighted by molar-refractivity contribution is 5.79. The Morgan fingerprint density at radius 3 is 2.86 bits per heavy atom. The Bertz CT molecular complexity index is 793. The predicted octanol–water partition coefficient (Wildman–Crippen LogP) is 3.07. The molecule has 6 nitrogen and oxygen atoms in total. The summed E-state index contributed by atoms with van der Waals surface area (Å²) >= 11 is 0. The van der Waals surface area contributed by atoms with Crippen LogP contribution in [0.2, 0.25) is 0 Å². The minimum atomic E-state index is 0.121. The van der Waals surface area contributed by atoms with Crippen LogP contribution in [-0.2, 0) is 13.0 Å². The smallest absolute Gasteiger partial charge is 0.218 e. The van der Waals surface area contributed by atoms with Crippen LogP contribution in [-0.4, -0.2) is 36.7 Å². The van der Waals surface area contributed by atoms with Crippen LogP contribution >= 0.6 is 0 Å². The van der Waals surface area contributed by atoms with Gasteiger partial charge >= 0.3 is 0 Å². The standard InChI is InChI=1S/C22H28N4O2/c1-23-22(26-15-19-13-16-7-2-5-11-20(16)27-19)25-14-17-8-6-12-24-21(17)28-18-9-3-4-10-18/h2,5-8,11-12,18-19H,3-4,9-10,13-15H2,1H3,(H2,23,25,26). The van der Waals surface area contributed by atoms with Crippen LogP contribution in [0.1, 0.15) is 36.8 Å². The molecule has 1 aliphatic heterocycles. The van der Waals surface area contributed by atoms with Gasteiger partial charge in [0.25, 0.3) is 0 Å². The quantitative estimate of drug-likeness (QED) is 0.595. The number of guanidine groups is 1. The highest BCUT2D eigenvalue weighted by Gasteiger charge is 2.22. The van der Waals surface area contributed by atoms with E-state index >= 15 is 0 Å². The third kappa shape index (κ3) is 4.55. The fourth-order valence-corrected chi connectivity index (χ4v) is 3.81. The largest absolute Gasteiger partial charge is 0.488 e. The molecule has 1 fully saturated rings. The second-order valence-electron chi connectivity index (χ2n) is 7.35. The number of para-hydroxylation sites is 1. The molecule has 2 aliphatic rings. The SMILES string of the molecule is CN=C(NCc1cccnc1OC1CCCC1)NCC1Cc2ccccc2O1. The number of hydrogen-bond acceptors (Lipinski definition) is 4. The van der Waals surface area contributed by atoms with Crippen LogP contribution in [0.5, 0.6) is 11.6 Å². The molecule has 148 valence electrons. The number of nitrogens with zero attached hydrogens (tertiary/aromatic N) is 2. The fourth-order valence-electron chi connectivity index (χ4n) is 3.81. The van der Waals surface area contributed by atoms with Crippen molar-refractivity contribution in [3.05, 3.63) is 53.7 Å². The van der Waals surface area contributed by atoms with Crippen LogP contribution in [0.15, 0.2) is 47.6 Å². The normalized spacial score (nSPS) is 19.2. The third-order valence-corrected chi connectivity index (χ3v) is 5.31. The summed E-state index contributed by atoms with van der Waals surface area (Å²) in [4.78, 5) is 8.76. The van der Waals surface area contributed by atoms with Gasteiger partial charge in [0.2, 0.25) is 5.88 Å². The maximum absolute atomic E-state index is 6.12. The van der Waals surface area contributed by atoms with Crippen molar-refractivity contribution < 1.29 is 9.47 Å². The second-order valence-corrected chi connectivity index (χ2v) is 7.35. The lowest BCUT2D eigenvalue weighted by Crippen LogP contribution is -2.42. The average Bonchev–Trinajstić information content (AvgIpc) is 3.38. The van der Waals surface area contributed by atoms with Gasteiger partial charge in [-0.2, -0.15) is 0 Å². The Morgan fingerprint density at radius 2 is 2.04 bits per heavy atom. The van der Waals surface area contributed by atoms with Crippen molar-refractivity contribution in [3.8, 4) is 11.6 Å². The Hall–Kier alpha value is -2.76. The number of aromatic nitrogens is 1. The Kier molecular flexibility index (Phi) is 5.95. The van der Waals surface area contributed by atoms with E-state index in [1.807, 2.05) is 24.3 Å². The fraction of sp³-hybridized carbons (Fsp3) is 0.455. The lowest BCUT2D eigenvalue weighted by Gasteiger charge is -2.18. The van der Waals surface area contributed by atoms with Gasteiger partial charge in [-0.1, -0.05) is 24.3 Å². The molecular weight excluding hydrogens is 352 g/mol. The number of benzene rings is 1. The van der Waals surface area contributed by atoms with Crippen LogP contribution in [0.3, 0.4) is 0 Å². The second kappa shape index (κ2) is 8.95. The average molecular weight is 380 g/mol. The molecule has 1 aliphatic carbocycles. The van der Waals surface area contributed by atoms with Gasteiger partial charge in [0, 0.05) is 31.8 Å². The van der Waals surface area contributed by atoms with Crippen molar-refractivity contribution in [1.82, 2.24) is 15.6 Å². The topological polar surface area (TPSA) is 67.8 Å². The lowest BCUT2D eigenvalue weighted by atomic mass is 10.1. The van der Waals surface area contributed by atoms with E-state index in [1.54, 1.807) is 13.2 Å². The van der Waals surface area contributed by atoms with Crippen molar-refractivity contribution in [2.24, 2.45) is 4.99 Å². The van der Waals surface area contributed by atoms with E-state index in [1.165, 1.54) is 18.4 Å². The molecule has 2 aromatic rings. The molecule has 28 heavy (non-hydrogen) atoms. The Balaban J connectivity index is 1.28. The zero-order chi connectivity index (χ0) is 19.2. The van der Waals surface area contributed by atoms with Gasteiger partial charge in [-0.15, -0.1) is 0 Å². The molecule has 0 radical (unpaired) electrons. The highest BCUT2D eigenvalue weighted by atomic mass is 16.5. The lowest BCUT2D eigenvalue weighted by molar-refractivity contribution is 0.199. The van der Waals surface area contributed by atoms with E-state index in [9.17, 15) is 0 Å². The Morgan fingerprint density at radius 1 is 1.18 bits per heavy atom. The van der Waals surface area contributed by atoms with Crippen molar-refractivity contribution in [1.29, 1.82) is 0 Å². The number of nitrogens with one attached hydrogen (secondary N) is 2. The molecule has 6 heteroatoms. The van der Waals surface area contributed by atoms with E-state index in [2.05, 4.69) is 32.7 Å². The summed E-state index contributed by atoms with van der Waals surface area (Å²) in [5.74, 6) is 2.46. The van der Waals surface area contributed by atoms with Gasteiger partial charge < -0.3 is 20.1 Å². The van der Waals surface area contributed by atoms with Gasteiger partial charge in [-0.25, -0.2) is 4.98 Å². The van der Waals surface area contributed by atoms with Crippen molar-refractivity contribution >= 4 is 5.96 Å². The number of pyridine rings is 1. The summed E-state index contributed by atoms with van der Waals surface area (Å²) in [6.45, 7) is 1.31. The van der Waals surface area contributed by atoms with E-state index in [0.717, 1.165) is 42.4 Å². The van der Waals surface area contributed by atoms with Crippen LogP contribution in [0.4, 0.5) is 0 Å². The monoisotopic (exact) mass is 380 g/mol. The summed E-state index contributed by atoms with van der Waals surface area (Å²) in [7, 11) is 1.78. The van der Waals surface area contributed by atoms with E-state index in [0.29, 0.717) is 19.2 Å². The first-order valence-electron chi connectivity index (χ1n) is 10.1. The summed E-state index contributed by atoms with van der Waals surface area (Å²) in [6, 6.07) is 12.2. The van der Waals surface area contributed by atoms with Gasteiger partial charge in [0.05, 0.1) is 6.54 Å². The zero-order valence-electron chi connectivity index (χ0n) is 16.4. The molecule has 0 bridgehead atoms. The maximum Gasteiger partial charge on any atom is 0.218 e. The van der Waals surface area contributed by atoms with Crippen LogP contribution < -0.4 is 20.1 Å². The minimum absolute atomic E-state index is 0.121. The van der Waals surface area contributed by atoms with Crippen molar-refractivity contribution in [2.45, 2.75) is 50.9 Å². The molecule has 2 heterocycles. The molecule has 1 saturated carbocycles. The first-order chi connectivity index (χ1) is 13.8. The van der Waals surface area contributed by atoms with E-state index in [-0.39, 0.29) is 6.10 Å². The number of aliphatic imine (C=N–C) groups is 1. The highest BCUT2D eigenvalue weighted by Crippen LogP contribution is 2.28. The van der Waals surface area contributed by atoms with E-state index in [4.69, 9.17) is 9.47 Å². The molecule has 1 atom stereocenters. The van der Waals surface area contributed by atoms with Gasteiger partial charge in [0.15, 0.2) is 5.96 Å². The first-order valence-corrected chi connectivity index (χ1v) is 10.1. The van der Waals surface area contributed by atoms with Gasteiger partial charge in [-0.3, -0.25) is 4.99 Å². The molecule has 4 rings (SSSR count). The van der Waals surface area contributed by atoms with Gasteiger partial charge in [0.1, 0.15) is 18.0 Å². The molecule has 0 spiro atoms. The van der Waals surface area contributed by atoms with E-state index < -0.39 is 0 Å². The molecule has 1 aromatic carbocycles. The molecular formula is C22H28N4O2. The van der Waals surface area contributed by atoms with Gasteiger partial charge in [-0.05, 0) is 43.4 Å². The van der Waals surface area contributed by atoms with Crippen molar-refractivity contribution in [3.63, 3.8) is 0 Å². The maximum atomic E-state index is 6.12. The summed E-state index contributed by atoms with van der Waals surface area (Å²) in [6.07, 6.45) is 7.86. The molecule has 1 aromatic heterocycles. The summed E-state index contributed by atoms with van der Waals surface area (Å²) < 4.78 is 12.1. The van der Waals surface area contributed by atoms with Crippen molar-refractivity contribution in [2.75, 3.05) is 13.6 Å². The van der Waals surface area contributed by atoms with Crippen LogP contribution in [0, 0.1) is 0 Å². The number of hydrogen-bond donors (Lipinski definition) is 2.